The average molecular weight is 579 g/mol. The minimum atomic E-state index is -1.99. The Morgan fingerprint density at radius 1 is 0.929 bits per heavy atom. The highest BCUT2D eigenvalue weighted by atomic mass is 16.6. The molecule has 8 atom stereocenters. The normalized spacial score (nSPS) is 36.6. The lowest BCUT2D eigenvalue weighted by Gasteiger charge is -2.65. The fraction of sp³-hybridized carbons (Fsp3) is 0.485. The fourth-order valence-corrected chi connectivity index (χ4v) is 7.30. The third-order valence-electron chi connectivity index (χ3n) is 9.60. The van der Waals surface area contributed by atoms with E-state index >= 15 is 0 Å². The number of aliphatic hydroxyl groups excluding tert-OH is 1. The van der Waals surface area contributed by atoms with Crippen molar-refractivity contribution in [1.29, 1.82) is 0 Å². The lowest BCUT2D eigenvalue weighted by Crippen LogP contribution is -2.82. The third-order valence-corrected chi connectivity index (χ3v) is 9.60. The predicted molar refractivity (Wildman–Crippen MR) is 152 cm³/mol. The molecule has 3 fully saturated rings. The quantitative estimate of drug-likeness (QED) is 0.298. The Balaban J connectivity index is 1.62. The molecule has 1 spiro atoms. The number of benzene rings is 2. The number of esters is 3. The summed E-state index contributed by atoms with van der Waals surface area (Å²) in [5.74, 6) is -2.27. The molecule has 2 saturated carbocycles. The monoisotopic (exact) mass is 578 g/mol. The van der Waals surface area contributed by atoms with Crippen molar-refractivity contribution in [3.63, 3.8) is 0 Å². The molecule has 2 aromatic carbocycles. The molecule has 5 rings (SSSR count). The Morgan fingerprint density at radius 3 is 2.17 bits per heavy atom. The molecular formula is C33H38O9. The van der Waals surface area contributed by atoms with E-state index in [1.54, 1.807) is 43.3 Å². The van der Waals surface area contributed by atoms with Gasteiger partial charge in [-0.2, -0.15) is 0 Å². The van der Waals surface area contributed by atoms with Crippen LogP contribution in [0.2, 0.25) is 0 Å². The highest BCUT2D eigenvalue weighted by Gasteiger charge is 2.82. The summed E-state index contributed by atoms with van der Waals surface area (Å²) in [4.78, 5) is 39.0. The van der Waals surface area contributed by atoms with Gasteiger partial charge in [-0.1, -0.05) is 48.5 Å². The lowest BCUT2D eigenvalue weighted by atomic mass is 9.47. The Hall–Kier alpha value is -3.53. The largest absolute Gasteiger partial charge is 0.458 e. The summed E-state index contributed by atoms with van der Waals surface area (Å²) in [5, 5.41) is 23.7. The smallest absolute Gasteiger partial charge is 0.338 e. The minimum absolute atomic E-state index is 0.170. The van der Waals surface area contributed by atoms with Crippen LogP contribution in [0, 0.1) is 11.3 Å². The van der Waals surface area contributed by atoms with Gasteiger partial charge in [0.15, 0.2) is 12.2 Å². The number of hydrogen-bond acceptors (Lipinski definition) is 9. The molecule has 0 radical (unpaired) electrons. The zero-order valence-electron chi connectivity index (χ0n) is 24.5. The molecular weight excluding hydrogens is 540 g/mol. The Labute approximate surface area is 245 Å². The van der Waals surface area contributed by atoms with E-state index in [1.165, 1.54) is 19.9 Å². The zero-order chi connectivity index (χ0) is 30.5. The summed E-state index contributed by atoms with van der Waals surface area (Å²) in [7, 11) is 0. The highest BCUT2D eigenvalue weighted by molar-refractivity contribution is 5.89. The minimum Gasteiger partial charge on any atom is -0.458 e. The van der Waals surface area contributed by atoms with E-state index in [0.29, 0.717) is 12.8 Å². The lowest BCUT2D eigenvalue weighted by molar-refractivity contribution is -0.351. The summed E-state index contributed by atoms with van der Waals surface area (Å²) in [6, 6.07) is 17.5. The van der Waals surface area contributed by atoms with Gasteiger partial charge >= 0.3 is 17.9 Å². The maximum absolute atomic E-state index is 13.5. The van der Waals surface area contributed by atoms with E-state index in [0.717, 1.165) is 5.56 Å². The number of fused-ring (bicyclic) bond motifs is 1. The predicted octanol–water partition coefficient (Wildman–Crippen LogP) is 3.86. The van der Waals surface area contributed by atoms with Crippen molar-refractivity contribution in [2.75, 3.05) is 0 Å². The maximum atomic E-state index is 13.5. The first kappa shape index (κ1) is 29.9. The van der Waals surface area contributed by atoms with E-state index in [4.69, 9.17) is 18.9 Å². The molecule has 42 heavy (non-hydrogen) atoms. The molecule has 2 N–H and O–H groups in total. The fourth-order valence-electron chi connectivity index (χ4n) is 7.30. The number of aliphatic hydroxyl groups is 2. The van der Waals surface area contributed by atoms with Crippen molar-refractivity contribution in [3.8, 4) is 0 Å². The van der Waals surface area contributed by atoms with Crippen molar-refractivity contribution < 1.29 is 43.5 Å². The molecule has 1 heterocycles. The van der Waals surface area contributed by atoms with Crippen LogP contribution in [-0.4, -0.2) is 69.3 Å². The van der Waals surface area contributed by atoms with Crippen LogP contribution in [0.1, 0.15) is 63.4 Å². The average Bonchev–Trinajstić information content (AvgIpc) is 3.20. The summed E-state index contributed by atoms with van der Waals surface area (Å²) < 4.78 is 24.5. The first-order valence-electron chi connectivity index (χ1n) is 14.2. The molecule has 3 aliphatic rings. The van der Waals surface area contributed by atoms with E-state index in [9.17, 15) is 24.6 Å². The molecule has 1 saturated heterocycles. The summed E-state index contributed by atoms with van der Waals surface area (Å²) in [6.45, 7) is 8.08. The summed E-state index contributed by atoms with van der Waals surface area (Å²) in [6.07, 6.45) is -1.90. The van der Waals surface area contributed by atoms with Crippen LogP contribution < -0.4 is 0 Å². The van der Waals surface area contributed by atoms with Crippen molar-refractivity contribution in [3.05, 3.63) is 77.9 Å². The van der Waals surface area contributed by atoms with Gasteiger partial charge in [0.05, 0.1) is 16.6 Å². The van der Waals surface area contributed by atoms with Crippen molar-refractivity contribution >= 4 is 24.0 Å². The topological polar surface area (TPSA) is 129 Å². The molecule has 9 nitrogen and oxygen atoms in total. The molecule has 1 aliphatic heterocycles. The maximum Gasteiger partial charge on any atom is 0.338 e. The Bertz CT molecular complexity index is 1370. The van der Waals surface area contributed by atoms with Gasteiger partial charge in [-0.3, -0.25) is 4.79 Å². The van der Waals surface area contributed by atoms with Crippen LogP contribution in [-0.2, 0) is 28.5 Å². The van der Waals surface area contributed by atoms with Crippen molar-refractivity contribution in [2.45, 2.75) is 88.7 Å². The Kier molecular flexibility index (Phi) is 7.58. The SMILES string of the molecule is CC(=O)O[C@H]1[C@H](OC(=O)c2ccccc2)[C@@]2(C)[C@@H](OC(=O)/C=C/c3ccccc3)C[C@@H]3C[C@]2(OC3(C)C)[C@@](C)(O)[C@H]1O. The first-order chi connectivity index (χ1) is 19.7. The number of rotatable bonds is 6. The van der Waals surface area contributed by atoms with Gasteiger partial charge in [0.1, 0.15) is 23.4 Å². The second-order valence-corrected chi connectivity index (χ2v) is 12.5. The second-order valence-electron chi connectivity index (χ2n) is 12.5. The van der Waals surface area contributed by atoms with E-state index in [-0.39, 0.29) is 11.5 Å². The second kappa shape index (κ2) is 10.6. The molecule has 2 aliphatic carbocycles. The molecule has 0 aromatic heterocycles. The van der Waals surface area contributed by atoms with E-state index in [2.05, 4.69) is 0 Å². The highest BCUT2D eigenvalue weighted by Crippen LogP contribution is 2.68. The third kappa shape index (κ3) is 4.73. The van der Waals surface area contributed by atoms with Crippen molar-refractivity contribution in [2.24, 2.45) is 11.3 Å². The van der Waals surface area contributed by atoms with Crippen LogP contribution in [0.25, 0.3) is 6.08 Å². The molecule has 2 bridgehead atoms. The molecule has 0 unspecified atom stereocenters. The van der Waals surface area contributed by atoms with Crippen LogP contribution in [0.4, 0.5) is 0 Å². The zero-order valence-corrected chi connectivity index (χ0v) is 24.5. The standard InChI is InChI=1S/C33H38O9/c1-20(34)39-26-27(36)32(5,38)33-19-23(30(2,3)42-33)18-24(40-25(35)17-16-21-12-8-6-9-13-21)31(33,4)28(26)41-29(37)22-14-10-7-11-15-22/h6-17,23-24,26-28,36,38H,18-19H2,1-5H3/b17-16+/t23-,24+,26-,27+,28+,31-,32+,33-/m1/s1. The molecule has 9 heteroatoms. The molecule has 224 valence electrons. The van der Waals surface area contributed by atoms with Gasteiger partial charge in [-0.15, -0.1) is 0 Å². The van der Waals surface area contributed by atoms with E-state index in [1.807, 2.05) is 44.2 Å². The summed E-state index contributed by atoms with van der Waals surface area (Å²) >= 11 is 0. The van der Waals surface area contributed by atoms with Crippen LogP contribution in [0.5, 0.6) is 0 Å². The van der Waals surface area contributed by atoms with Gasteiger partial charge in [-0.05, 0) is 70.2 Å². The van der Waals surface area contributed by atoms with Gasteiger partial charge in [-0.25, -0.2) is 9.59 Å². The molecule has 0 amide bonds. The Morgan fingerprint density at radius 2 is 1.55 bits per heavy atom. The van der Waals surface area contributed by atoms with Gasteiger partial charge in [0.25, 0.3) is 0 Å². The summed E-state index contributed by atoms with van der Waals surface area (Å²) in [5.41, 5.74) is -4.73. The van der Waals surface area contributed by atoms with Crippen LogP contribution in [0.15, 0.2) is 66.7 Å². The number of ether oxygens (including phenoxy) is 4. The first-order valence-corrected chi connectivity index (χ1v) is 14.2. The van der Waals surface area contributed by atoms with E-state index < -0.39 is 64.5 Å². The van der Waals surface area contributed by atoms with Crippen molar-refractivity contribution in [1.82, 2.24) is 0 Å². The number of carbonyl (C=O) groups is 3. The number of hydrogen-bond donors (Lipinski definition) is 2. The van der Waals surface area contributed by atoms with Crippen LogP contribution >= 0.6 is 0 Å². The molecule has 2 aromatic rings. The number of carbonyl (C=O) groups excluding carboxylic acids is 3. The van der Waals surface area contributed by atoms with Crippen LogP contribution in [0.3, 0.4) is 0 Å². The van der Waals surface area contributed by atoms with Gasteiger partial charge in [0, 0.05) is 13.0 Å². The van der Waals surface area contributed by atoms with Gasteiger partial charge in [0.2, 0.25) is 0 Å². The van der Waals surface area contributed by atoms with Gasteiger partial charge < -0.3 is 29.2 Å².